The van der Waals surface area contributed by atoms with Gasteiger partial charge in [-0.25, -0.2) is 0 Å². The third-order valence-electron chi connectivity index (χ3n) is 7.22. The Labute approximate surface area is 276 Å². The van der Waals surface area contributed by atoms with Crippen LogP contribution in [-0.2, 0) is 15.3 Å². The molecule has 1 aliphatic rings. The van der Waals surface area contributed by atoms with E-state index in [1.165, 1.54) is 28.0 Å². The molecule has 234 valence electrons. The number of ether oxygens (including phenoxy) is 2. The number of aliphatic hydroxyl groups excluding tert-OH is 1. The van der Waals surface area contributed by atoms with Crippen molar-refractivity contribution in [1.82, 2.24) is 10.2 Å². The van der Waals surface area contributed by atoms with Crippen molar-refractivity contribution in [3.8, 4) is 11.5 Å². The van der Waals surface area contributed by atoms with Gasteiger partial charge in [0.1, 0.15) is 5.76 Å². The summed E-state index contributed by atoms with van der Waals surface area (Å²) < 4.78 is 12.6. The van der Waals surface area contributed by atoms with Gasteiger partial charge in [-0.2, -0.15) is 0 Å². The number of hydrogen-bond donors (Lipinski definition) is 1. The van der Waals surface area contributed by atoms with Crippen molar-refractivity contribution in [2.75, 3.05) is 18.1 Å². The number of aliphatic hydroxyl groups is 1. The summed E-state index contributed by atoms with van der Waals surface area (Å²) in [6.45, 7) is 8.96. The third kappa shape index (κ3) is 7.35. The summed E-state index contributed by atoms with van der Waals surface area (Å²) in [5, 5.41) is 21.0. The number of rotatable bonds is 12. The van der Waals surface area contributed by atoms with E-state index in [4.69, 9.17) is 21.1 Å². The lowest BCUT2D eigenvalue weighted by Gasteiger charge is -2.24. The molecule has 3 aromatic carbocycles. The zero-order valence-corrected chi connectivity index (χ0v) is 27.8. The second-order valence-corrected chi connectivity index (χ2v) is 13.5. The summed E-state index contributed by atoms with van der Waals surface area (Å²) in [6, 6.07) is 19.0. The maximum atomic E-state index is 13.7. The van der Waals surface area contributed by atoms with E-state index in [0.29, 0.717) is 56.9 Å². The van der Waals surface area contributed by atoms with Crippen molar-refractivity contribution in [2.45, 2.75) is 50.3 Å². The number of aryl methyl sites for hydroxylation is 1. The smallest absolute Gasteiger partial charge is 0.301 e. The quantitative estimate of drug-likeness (QED) is 0.0532. The molecule has 0 radical (unpaired) electrons. The lowest BCUT2D eigenvalue weighted by atomic mass is 9.95. The highest BCUT2D eigenvalue weighted by Crippen LogP contribution is 2.46. The summed E-state index contributed by atoms with van der Waals surface area (Å²) in [6.07, 6.45) is 0.873. The Balaban J connectivity index is 1.56. The molecule has 5 rings (SSSR count). The number of Topliss-reactive ketones (excluding diaryl/α,β-unsaturated/α-hetero) is 1. The molecule has 1 atom stereocenters. The number of nitrogens with zero attached hydrogens (tertiary/aromatic N) is 3. The molecule has 2 heterocycles. The van der Waals surface area contributed by atoms with Gasteiger partial charge >= 0.3 is 5.91 Å². The molecule has 0 bridgehead atoms. The third-order valence-corrected chi connectivity index (χ3v) is 9.69. The predicted molar refractivity (Wildman–Crippen MR) is 179 cm³/mol. The molecule has 0 spiro atoms. The van der Waals surface area contributed by atoms with Crippen molar-refractivity contribution >= 4 is 57.3 Å². The number of carbonyl (C=O) groups is 2. The normalized spacial score (nSPS) is 16.0. The van der Waals surface area contributed by atoms with Crippen LogP contribution in [-0.4, -0.2) is 40.2 Å². The molecule has 1 amide bonds. The minimum Gasteiger partial charge on any atom is -0.507 e. The molecule has 8 nitrogen and oxygen atoms in total. The van der Waals surface area contributed by atoms with Crippen LogP contribution in [0, 0.1) is 12.8 Å². The van der Waals surface area contributed by atoms with Crippen molar-refractivity contribution < 1.29 is 24.2 Å². The Bertz CT molecular complexity index is 1720. The Hall–Kier alpha value is -3.86. The SMILES string of the molecule is CCOc1cc(C2C(=C(O)c3ccc(C)cc3)C(=O)C(=O)N2c2nnc(SCc3ccccc3Cl)s2)ccc1OCCC(C)C. The minimum absolute atomic E-state index is 0.0414. The average molecular weight is 664 g/mol. The van der Waals surface area contributed by atoms with Crippen LogP contribution in [0.15, 0.2) is 76.6 Å². The Morgan fingerprint density at radius 3 is 2.51 bits per heavy atom. The Morgan fingerprint density at radius 1 is 1.04 bits per heavy atom. The van der Waals surface area contributed by atoms with Crippen LogP contribution < -0.4 is 14.4 Å². The van der Waals surface area contributed by atoms with Crippen molar-refractivity contribution in [2.24, 2.45) is 5.92 Å². The maximum absolute atomic E-state index is 13.7. The Morgan fingerprint density at radius 2 is 1.80 bits per heavy atom. The van der Waals surface area contributed by atoms with E-state index in [-0.39, 0.29) is 16.5 Å². The van der Waals surface area contributed by atoms with Crippen LogP contribution in [0.5, 0.6) is 11.5 Å². The van der Waals surface area contributed by atoms with Crippen LogP contribution in [0.1, 0.15) is 55.5 Å². The van der Waals surface area contributed by atoms with Crippen LogP contribution in [0.2, 0.25) is 5.02 Å². The van der Waals surface area contributed by atoms with Gasteiger partial charge in [0.2, 0.25) is 5.13 Å². The highest BCUT2D eigenvalue weighted by Gasteiger charge is 2.48. The van der Waals surface area contributed by atoms with Gasteiger partial charge in [-0.3, -0.25) is 14.5 Å². The topological polar surface area (TPSA) is 102 Å². The van der Waals surface area contributed by atoms with E-state index in [2.05, 4.69) is 24.0 Å². The van der Waals surface area contributed by atoms with Gasteiger partial charge in [0, 0.05) is 16.3 Å². The molecule has 1 fully saturated rings. The van der Waals surface area contributed by atoms with Crippen molar-refractivity contribution in [3.05, 3.63) is 99.6 Å². The predicted octanol–water partition coefficient (Wildman–Crippen LogP) is 8.24. The number of benzene rings is 3. The van der Waals surface area contributed by atoms with Gasteiger partial charge < -0.3 is 14.6 Å². The highest BCUT2D eigenvalue weighted by molar-refractivity contribution is 8.00. The Kier molecular flexibility index (Phi) is 10.5. The van der Waals surface area contributed by atoms with E-state index in [1.54, 1.807) is 30.3 Å². The van der Waals surface area contributed by atoms with Crippen LogP contribution in [0.4, 0.5) is 5.13 Å². The lowest BCUT2D eigenvalue weighted by Crippen LogP contribution is -2.29. The summed E-state index contributed by atoms with van der Waals surface area (Å²) >= 11 is 8.95. The summed E-state index contributed by atoms with van der Waals surface area (Å²) in [5.41, 5.74) is 2.88. The van der Waals surface area contributed by atoms with E-state index >= 15 is 0 Å². The largest absolute Gasteiger partial charge is 0.507 e. The van der Waals surface area contributed by atoms with Crippen LogP contribution in [0.25, 0.3) is 5.76 Å². The fourth-order valence-electron chi connectivity index (χ4n) is 4.81. The van der Waals surface area contributed by atoms with E-state index in [1.807, 2.05) is 50.2 Å². The summed E-state index contributed by atoms with van der Waals surface area (Å²) in [7, 11) is 0. The molecule has 45 heavy (non-hydrogen) atoms. The maximum Gasteiger partial charge on any atom is 0.301 e. The molecule has 1 aromatic heterocycles. The number of halogens is 1. The first-order valence-electron chi connectivity index (χ1n) is 14.6. The standard InChI is InChI=1S/C34H34ClN3O5S2/c1-5-42-27-18-23(14-15-26(27)43-17-16-20(2)3)29-28(30(39)22-12-10-21(4)11-13-22)31(40)32(41)38(29)33-36-37-34(45-33)44-19-24-8-6-7-9-25(24)35/h6-15,18,20,29,39H,5,16-17,19H2,1-4H3. The zero-order chi connectivity index (χ0) is 32.1. The second kappa shape index (κ2) is 14.5. The van der Waals surface area contributed by atoms with E-state index < -0.39 is 17.7 Å². The number of amides is 1. The van der Waals surface area contributed by atoms with Crippen LogP contribution in [0.3, 0.4) is 0 Å². The molecule has 1 N–H and O–H groups in total. The first-order valence-corrected chi connectivity index (χ1v) is 16.8. The number of aromatic nitrogens is 2. The molecule has 0 aliphatic carbocycles. The van der Waals surface area contributed by atoms with Crippen molar-refractivity contribution in [1.29, 1.82) is 0 Å². The summed E-state index contributed by atoms with van der Waals surface area (Å²) in [4.78, 5) is 28.7. The monoisotopic (exact) mass is 663 g/mol. The summed E-state index contributed by atoms with van der Waals surface area (Å²) in [5.74, 6) is 0.185. The minimum atomic E-state index is -0.982. The highest BCUT2D eigenvalue weighted by atomic mass is 35.5. The second-order valence-electron chi connectivity index (χ2n) is 10.9. The van der Waals surface area contributed by atoms with Crippen molar-refractivity contribution in [3.63, 3.8) is 0 Å². The van der Waals surface area contributed by atoms with Gasteiger partial charge in [-0.05, 0) is 55.5 Å². The number of ketones is 1. The lowest BCUT2D eigenvalue weighted by molar-refractivity contribution is -0.132. The zero-order valence-electron chi connectivity index (χ0n) is 25.5. The van der Waals surface area contributed by atoms with Gasteiger partial charge in [-0.1, -0.05) is 103 Å². The molecular weight excluding hydrogens is 630 g/mol. The van der Waals surface area contributed by atoms with Crippen LogP contribution >= 0.6 is 34.7 Å². The molecular formula is C34H34ClN3O5S2. The number of hydrogen-bond acceptors (Lipinski definition) is 9. The number of thioether (sulfide) groups is 1. The van der Waals surface area contributed by atoms with Gasteiger partial charge in [0.25, 0.3) is 5.78 Å². The van der Waals surface area contributed by atoms with Gasteiger partial charge in [0.05, 0.1) is 24.8 Å². The molecule has 11 heteroatoms. The molecule has 4 aromatic rings. The fraction of sp³-hybridized carbons (Fsp3) is 0.294. The number of carbonyl (C=O) groups excluding carboxylic acids is 2. The van der Waals surface area contributed by atoms with Gasteiger partial charge in [0.15, 0.2) is 15.8 Å². The average Bonchev–Trinajstić information content (AvgIpc) is 3.59. The molecule has 0 saturated carbocycles. The van der Waals surface area contributed by atoms with E-state index in [9.17, 15) is 14.7 Å². The first-order chi connectivity index (χ1) is 21.7. The van der Waals surface area contributed by atoms with Gasteiger partial charge in [-0.15, -0.1) is 10.2 Å². The van der Waals surface area contributed by atoms with E-state index in [0.717, 1.165) is 17.5 Å². The fourth-order valence-corrected chi connectivity index (χ4v) is 6.97. The first kappa shape index (κ1) is 32.5. The molecule has 1 aliphatic heterocycles. The molecule has 1 saturated heterocycles. The number of anilines is 1. The molecule has 1 unspecified atom stereocenters.